The van der Waals surface area contributed by atoms with Crippen LogP contribution in [0.5, 0.6) is 0 Å². The van der Waals surface area contributed by atoms with E-state index in [-0.39, 0.29) is 11.9 Å². The number of hydrogen-bond acceptors (Lipinski definition) is 4. The number of hydrogen-bond donors (Lipinski definition) is 1. The van der Waals surface area contributed by atoms with E-state index in [1.165, 1.54) is 5.69 Å². The predicted octanol–water partition coefficient (Wildman–Crippen LogP) is 4.72. The third kappa shape index (κ3) is 3.84. The molecule has 3 aromatic carbocycles. The number of pyridine rings is 1. The average Bonchev–Trinajstić information content (AvgIpc) is 2.84. The Morgan fingerprint density at radius 2 is 1.74 bits per heavy atom. The predicted molar refractivity (Wildman–Crippen MR) is 125 cm³/mol. The summed E-state index contributed by atoms with van der Waals surface area (Å²) in [7, 11) is 0. The molecule has 1 aromatic heterocycles. The average molecular weight is 412 g/mol. The van der Waals surface area contributed by atoms with Crippen LogP contribution in [0.25, 0.3) is 21.7 Å². The number of aromatic nitrogens is 1. The molecule has 1 aliphatic heterocycles. The third-order valence-electron chi connectivity index (χ3n) is 5.98. The molecule has 0 bridgehead atoms. The highest BCUT2D eigenvalue weighted by atomic mass is 16.5. The van der Waals surface area contributed by atoms with Crippen molar-refractivity contribution in [1.82, 2.24) is 10.3 Å². The maximum atomic E-state index is 13.2. The Hall–Kier alpha value is -3.44. The molecule has 156 valence electrons. The summed E-state index contributed by atoms with van der Waals surface area (Å²) in [6.07, 6.45) is 1.74. The van der Waals surface area contributed by atoms with Crippen LogP contribution < -0.4 is 10.2 Å². The molecular weight excluding hydrogens is 386 g/mol. The van der Waals surface area contributed by atoms with Gasteiger partial charge in [-0.05, 0) is 47.5 Å². The van der Waals surface area contributed by atoms with Crippen molar-refractivity contribution in [3.05, 3.63) is 84.1 Å². The van der Waals surface area contributed by atoms with E-state index in [1.807, 2.05) is 43.3 Å². The van der Waals surface area contributed by atoms with Gasteiger partial charge in [-0.25, -0.2) is 0 Å². The van der Waals surface area contributed by atoms with Gasteiger partial charge >= 0.3 is 0 Å². The normalized spacial score (nSPS) is 15.2. The molecule has 5 heteroatoms. The van der Waals surface area contributed by atoms with Crippen LogP contribution in [0.4, 0.5) is 5.69 Å². The van der Waals surface area contributed by atoms with Gasteiger partial charge in [-0.1, -0.05) is 42.5 Å². The zero-order valence-corrected chi connectivity index (χ0v) is 17.5. The van der Waals surface area contributed by atoms with E-state index in [2.05, 4.69) is 45.5 Å². The minimum Gasteiger partial charge on any atom is -0.378 e. The van der Waals surface area contributed by atoms with E-state index in [1.54, 1.807) is 6.20 Å². The number of fused-ring (bicyclic) bond motifs is 3. The fourth-order valence-electron chi connectivity index (χ4n) is 4.26. The Labute approximate surface area is 181 Å². The van der Waals surface area contributed by atoms with Gasteiger partial charge in [0.2, 0.25) is 0 Å². The number of benzene rings is 3. The van der Waals surface area contributed by atoms with Crippen molar-refractivity contribution in [2.45, 2.75) is 13.0 Å². The third-order valence-corrected chi connectivity index (χ3v) is 5.98. The molecule has 1 atom stereocenters. The van der Waals surface area contributed by atoms with Gasteiger partial charge in [0.15, 0.2) is 0 Å². The lowest BCUT2D eigenvalue weighted by Gasteiger charge is -2.29. The summed E-state index contributed by atoms with van der Waals surface area (Å²) in [5.74, 6) is -0.112. The molecule has 4 aromatic rings. The molecule has 0 saturated carbocycles. The number of morpholine rings is 1. The van der Waals surface area contributed by atoms with Crippen LogP contribution >= 0.6 is 0 Å². The van der Waals surface area contributed by atoms with E-state index >= 15 is 0 Å². The van der Waals surface area contributed by atoms with Crippen molar-refractivity contribution in [2.24, 2.45) is 0 Å². The van der Waals surface area contributed by atoms with Gasteiger partial charge in [-0.3, -0.25) is 9.78 Å². The molecule has 31 heavy (non-hydrogen) atoms. The lowest BCUT2D eigenvalue weighted by molar-refractivity contribution is 0.0941. The second kappa shape index (κ2) is 8.36. The van der Waals surface area contributed by atoms with Gasteiger partial charge in [0.05, 0.1) is 30.3 Å². The van der Waals surface area contributed by atoms with E-state index < -0.39 is 0 Å². The first kappa shape index (κ1) is 19.5. The number of carbonyl (C=O) groups excluding carboxylic acids is 1. The lowest BCUT2D eigenvalue weighted by Crippen LogP contribution is -2.36. The fourth-order valence-corrected chi connectivity index (χ4v) is 4.26. The van der Waals surface area contributed by atoms with Gasteiger partial charge in [0.25, 0.3) is 5.91 Å². The highest BCUT2D eigenvalue weighted by Gasteiger charge is 2.17. The van der Waals surface area contributed by atoms with E-state index in [9.17, 15) is 4.79 Å². The topological polar surface area (TPSA) is 54.5 Å². The summed E-state index contributed by atoms with van der Waals surface area (Å²) in [5.41, 5.74) is 3.60. The second-order valence-electron chi connectivity index (χ2n) is 7.93. The van der Waals surface area contributed by atoms with Crippen LogP contribution in [0.15, 0.2) is 72.9 Å². The van der Waals surface area contributed by atoms with Crippen molar-refractivity contribution in [2.75, 3.05) is 31.2 Å². The highest BCUT2D eigenvalue weighted by molar-refractivity contribution is 6.15. The lowest BCUT2D eigenvalue weighted by atomic mass is 10.00. The Bertz CT molecular complexity index is 1230. The monoisotopic (exact) mass is 411 g/mol. The molecule has 2 heterocycles. The van der Waals surface area contributed by atoms with Gasteiger partial charge in [-0.15, -0.1) is 0 Å². The first-order valence-electron chi connectivity index (χ1n) is 10.7. The largest absolute Gasteiger partial charge is 0.378 e. The molecule has 0 radical (unpaired) electrons. The maximum Gasteiger partial charge on any atom is 0.253 e. The maximum absolute atomic E-state index is 13.2. The molecule has 5 nitrogen and oxygen atoms in total. The van der Waals surface area contributed by atoms with Crippen LogP contribution in [-0.2, 0) is 4.74 Å². The van der Waals surface area contributed by atoms with Crippen molar-refractivity contribution in [3.8, 4) is 0 Å². The number of nitrogens with zero attached hydrogens (tertiary/aromatic N) is 2. The quantitative estimate of drug-likeness (QED) is 0.494. The van der Waals surface area contributed by atoms with E-state index in [0.717, 1.165) is 53.5 Å². The van der Waals surface area contributed by atoms with Gasteiger partial charge in [0.1, 0.15) is 0 Å². The summed E-state index contributed by atoms with van der Waals surface area (Å²) in [5, 5.41) is 6.29. The number of amides is 1. The summed E-state index contributed by atoms with van der Waals surface area (Å²) < 4.78 is 5.43. The number of anilines is 1. The molecule has 0 aliphatic carbocycles. The molecular formula is C26H25N3O2. The van der Waals surface area contributed by atoms with Crippen molar-refractivity contribution in [3.63, 3.8) is 0 Å². The Kier molecular flexibility index (Phi) is 5.26. The van der Waals surface area contributed by atoms with Crippen molar-refractivity contribution >= 4 is 33.3 Å². The van der Waals surface area contributed by atoms with Crippen LogP contribution in [0.1, 0.15) is 28.9 Å². The molecule has 1 N–H and O–H groups in total. The molecule has 1 fully saturated rings. The van der Waals surface area contributed by atoms with Gasteiger partial charge < -0.3 is 15.0 Å². The van der Waals surface area contributed by atoms with E-state index in [0.29, 0.717) is 5.56 Å². The molecule has 1 aliphatic rings. The van der Waals surface area contributed by atoms with Crippen LogP contribution in [0, 0.1) is 0 Å². The zero-order valence-electron chi connectivity index (χ0n) is 17.5. The first-order valence-corrected chi connectivity index (χ1v) is 10.7. The van der Waals surface area contributed by atoms with Crippen LogP contribution in [-0.4, -0.2) is 37.2 Å². The smallest absolute Gasteiger partial charge is 0.253 e. The van der Waals surface area contributed by atoms with Crippen molar-refractivity contribution < 1.29 is 9.53 Å². The van der Waals surface area contributed by atoms with Gasteiger partial charge in [-0.2, -0.15) is 0 Å². The molecule has 1 saturated heterocycles. The van der Waals surface area contributed by atoms with Crippen molar-refractivity contribution in [1.29, 1.82) is 0 Å². The zero-order chi connectivity index (χ0) is 21.2. The SMILES string of the molecule is CC(NC(=O)c1cc2ccccc2c2cccnc12)c1ccc(N2CCOCC2)cc1. The number of carbonyl (C=O) groups is 1. The standard InChI is InChI=1S/C26H25N3O2/c1-18(19-8-10-21(11-9-19)29-13-15-31-16-14-29)28-26(30)24-17-20-5-2-3-6-22(20)23-7-4-12-27-25(23)24/h2-12,17-18H,13-16H2,1H3,(H,28,30). The Morgan fingerprint density at radius 3 is 2.55 bits per heavy atom. The summed E-state index contributed by atoms with van der Waals surface area (Å²) in [6, 6.07) is 22.3. The highest BCUT2D eigenvalue weighted by Crippen LogP contribution is 2.28. The molecule has 5 rings (SSSR count). The Morgan fingerprint density at radius 1 is 1.00 bits per heavy atom. The second-order valence-corrected chi connectivity index (χ2v) is 7.93. The number of rotatable bonds is 4. The first-order chi connectivity index (χ1) is 15.2. The summed E-state index contributed by atoms with van der Waals surface area (Å²) in [6.45, 7) is 5.36. The summed E-state index contributed by atoms with van der Waals surface area (Å²) >= 11 is 0. The summed E-state index contributed by atoms with van der Waals surface area (Å²) in [4.78, 5) is 20.1. The van der Waals surface area contributed by atoms with E-state index in [4.69, 9.17) is 4.74 Å². The minimum atomic E-state index is -0.114. The van der Waals surface area contributed by atoms with Gasteiger partial charge in [0, 0.05) is 30.4 Å². The fraction of sp³-hybridized carbons (Fsp3) is 0.231. The molecule has 1 unspecified atom stereocenters. The number of nitrogens with one attached hydrogen (secondary N) is 1. The van der Waals surface area contributed by atoms with Crippen LogP contribution in [0.2, 0.25) is 0 Å². The minimum absolute atomic E-state index is 0.112. The van der Waals surface area contributed by atoms with Crippen LogP contribution in [0.3, 0.4) is 0 Å². The molecule has 1 amide bonds. The molecule has 0 spiro atoms. The number of ether oxygens (including phenoxy) is 1. The Balaban J connectivity index is 1.40.